The maximum absolute atomic E-state index is 6.11. The van der Waals surface area contributed by atoms with Crippen molar-refractivity contribution in [1.82, 2.24) is 5.32 Å². The van der Waals surface area contributed by atoms with Crippen LogP contribution in [0.15, 0.2) is 36.4 Å². The molecule has 0 heterocycles. The number of rotatable bonds is 5. The van der Waals surface area contributed by atoms with E-state index in [1.165, 1.54) is 0 Å². The van der Waals surface area contributed by atoms with Crippen LogP contribution in [0.5, 0.6) is 5.75 Å². The van der Waals surface area contributed by atoms with Crippen LogP contribution in [0.4, 0.5) is 0 Å². The van der Waals surface area contributed by atoms with Crippen LogP contribution < -0.4 is 10.1 Å². The second-order valence-corrected chi connectivity index (χ2v) is 5.53. The third-order valence-corrected chi connectivity index (χ3v) is 3.75. The van der Waals surface area contributed by atoms with E-state index in [4.69, 9.17) is 39.5 Å². The SMILES string of the molecule is COc1c(Cl)cc(Cl)cc1CNCc1ccccc1Cl.Cl. The number of nitrogens with one attached hydrogen (secondary N) is 1. The first-order chi connectivity index (χ1) is 9.61. The summed E-state index contributed by atoms with van der Waals surface area (Å²) in [5, 5.41) is 5.15. The van der Waals surface area contributed by atoms with Crippen molar-refractivity contribution in [2.75, 3.05) is 7.11 Å². The first-order valence-corrected chi connectivity index (χ1v) is 7.21. The van der Waals surface area contributed by atoms with E-state index in [0.717, 1.165) is 16.1 Å². The van der Waals surface area contributed by atoms with Gasteiger partial charge in [0.2, 0.25) is 0 Å². The van der Waals surface area contributed by atoms with Gasteiger partial charge in [0, 0.05) is 28.7 Å². The average Bonchev–Trinajstić information content (AvgIpc) is 2.40. The molecule has 0 bridgehead atoms. The van der Waals surface area contributed by atoms with Gasteiger partial charge in [-0.1, -0.05) is 53.0 Å². The van der Waals surface area contributed by atoms with Crippen LogP contribution in [0.1, 0.15) is 11.1 Å². The Balaban J connectivity index is 0.00000220. The highest BCUT2D eigenvalue weighted by atomic mass is 35.5. The van der Waals surface area contributed by atoms with E-state index >= 15 is 0 Å². The van der Waals surface area contributed by atoms with Gasteiger partial charge in [0.25, 0.3) is 0 Å². The molecule has 2 nitrogen and oxygen atoms in total. The molecule has 2 aromatic rings. The molecule has 0 atom stereocenters. The molecule has 0 fully saturated rings. The molecule has 0 unspecified atom stereocenters. The van der Waals surface area contributed by atoms with Crippen molar-refractivity contribution in [2.45, 2.75) is 13.1 Å². The van der Waals surface area contributed by atoms with E-state index in [-0.39, 0.29) is 12.4 Å². The lowest BCUT2D eigenvalue weighted by atomic mass is 10.2. The van der Waals surface area contributed by atoms with Crippen molar-refractivity contribution in [1.29, 1.82) is 0 Å². The molecule has 2 aromatic carbocycles. The van der Waals surface area contributed by atoms with Gasteiger partial charge in [-0.25, -0.2) is 0 Å². The minimum Gasteiger partial charge on any atom is -0.495 e. The van der Waals surface area contributed by atoms with Crippen molar-refractivity contribution in [2.24, 2.45) is 0 Å². The van der Waals surface area contributed by atoms with Crippen molar-refractivity contribution < 1.29 is 4.74 Å². The molecule has 0 aliphatic rings. The number of hydrogen-bond donors (Lipinski definition) is 1. The Kier molecular flexibility index (Phi) is 7.64. The van der Waals surface area contributed by atoms with E-state index in [1.807, 2.05) is 30.3 Å². The van der Waals surface area contributed by atoms with Crippen LogP contribution in [-0.4, -0.2) is 7.11 Å². The topological polar surface area (TPSA) is 21.3 Å². The van der Waals surface area contributed by atoms with E-state index in [1.54, 1.807) is 13.2 Å². The maximum atomic E-state index is 6.11. The standard InChI is InChI=1S/C15H14Cl3NO.ClH/c1-20-15-11(6-12(16)7-14(15)18)9-19-8-10-4-2-3-5-13(10)17;/h2-7,19H,8-9H2,1H3;1H. The molecular formula is C15H15Cl4NO. The Morgan fingerprint density at radius 2 is 1.62 bits per heavy atom. The first kappa shape index (κ1) is 18.4. The maximum Gasteiger partial charge on any atom is 0.142 e. The minimum atomic E-state index is 0. The fourth-order valence-electron chi connectivity index (χ4n) is 1.95. The van der Waals surface area contributed by atoms with Gasteiger partial charge in [0.05, 0.1) is 12.1 Å². The van der Waals surface area contributed by atoms with Gasteiger partial charge < -0.3 is 10.1 Å². The fraction of sp³-hybridized carbons (Fsp3) is 0.200. The Labute approximate surface area is 145 Å². The van der Waals surface area contributed by atoms with Crippen LogP contribution in [0, 0.1) is 0 Å². The van der Waals surface area contributed by atoms with Crippen LogP contribution in [0.25, 0.3) is 0 Å². The second-order valence-electron chi connectivity index (χ2n) is 4.27. The zero-order valence-electron chi connectivity index (χ0n) is 11.3. The molecule has 2 rings (SSSR count). The molecule has 0 saturated carbocycles. The lowest BCUT2D eigenvalue weighted by Gasteiger charge is -2.12. The summed E-state index contributed by atoms with van der Waals surface area (Å²) >= 11 is 18.2. The van der Waals surface area contributed by atoms with Crippen LogP contribution in [0.2, 0.25) is 15.1 Å². The molecule has 21 heavy (non-hydrogen) atoms. The highest BCUT2D eigenvalue weighted by Crippen LogP contribution is 2.32. The number of benzene rings is 2. The molecule has 6 heteroatoms. The molecule has 0 aliphatic heterocycles. The summed E-state index contributed by atoms with van der Waals surface area (Å²) in [7, 11) is 1.59. The van der Waals surface area contributed by atoms with E-state index in [9.17, 15) is 0 Å². The van der Waals surface area contributed by atoms with E-state index in [2.05, 4.69) is 5.32 Å². The summed E-state index contributed by atoms with van der Waals surface area (Å²) in [6.07, 6.45) is 0. The highest BCUT2D eigenvalue weighted by Gasteiger charge is 2.09. The molecule has 0 amide bonds. The molecule has 0 radical (unpaired) electrons. The van der Waals surface area contributed by atoms with Crippen molar-refractivity contribution in [3.63, 3.8) is 0 Å². The van der Waals surface area contributed by atoms with Crippen LogP contribution in [0.3, 0.4) is 0 Å². The smallest absolute Gasteiger partial charge is 0.142 e. The van der Waals surface area contributed by atoms with Crippen LogP contribution in [-0.2, 0) is 13.1 Å². The van der Waals surface area contributed by atoms with E-state index in [0.29, 0.717) is 28.9 Å². The van der Waals surface area contributed by atoms with Crippen molar-refractivity contribution in [3.8, 4) is 5.75 Å². The summed E-state index contributed by atoms with van der Waals surface area (Å²) in [4.78, 5) is 0. The van der Waals surface area contributed by atoms with Crippen molar-refractivity contribution in [3.05, 3.63) is 62.6 Å². The predicted octanol–water partition coefficient (Wildman–Crippen LogP) is 5.37. The third kappa shape index (κ3) is 4.94. The van der Waals surface area contributed by atoms with E-state index < -0.39 is 0 Å². The first-order valence-electron chi connectivity index (χ1n) is 6.08. The quantitative estimate of drug-likeness (QED) is 0.768. The Bertz CT molecular complexity index is 604. The highest BCUT2D eigenvalue weighted by molar-refractivity contribution is 6.35. The van der Waals surface area contributed by atoms with Crippen LogP contribution >= 0.6 is 47.2 Å². The minimum absolute atomic E-state index is 0. The number of halogens is 4. The summed E-state index contributed by atoms with van der Waals surface area (Å²) in [5.41, 5.74) is 1.96. The molecule has 1 N–H and O–H groups in total. The fourth-order valence-corrected chi connectivity index (χ4v) is 2.76. The lowest BCUT2D eigenvalue weighted by molar-refractivity contribution is 0.408. The Morgan fingerprint density at radius 3 is 2.29 bits per heavy atom. The van der Waals surface area contributed by atoms with Gasteiger partial charge >= 0.3 is 0 Å². The molecule has 114 valence electrons. The lowest BCUT2D eigenvalue weighted by Crippen LogP contribution is -2.13. The normalized spacial score (nSPS) is 10.1. The summed E-state index contributed by atoms with van der Waals surface area (Å²) < 4.78 is 5.30. The van der Waals surface area contributed by atoms with Gasteiger partial charge in [-0.3, -0.25) is 0 Å². The number of methoxy groups -OCH3 is 1. The van der Waals surface area contributed by atoms with Gasteiger partial charge in [0.1, 0.15) is 5.75 Å². The van der Waals surface area contributed by atoms with Gasteiger partial charge in [0.15, 0.2) is 0 Å². The Hall–Kier alpha value is -0.640. The Morgan fingerprint density at radius 1 is 0.952 bits per heavy atom. The zero-order valence-corrected chi connectivity index (χ0v) is 14.4. The second kappa shape index (κ2) is 8.72. The summed E-state index contributed by atoms with van der Waals surface area (Å²) in [6.45, 7) is 1.25. The molecular weight excluding hydrogens is 352 g/mol. The number of hydrogen-bond acceptors (Lipinski definition) is 2. The van der Waals surface area contributed by atoms with Gasteiger partial charge in [-0.05, 0) is 23.8 Å². The zero-order chi connectivity index (χ0) is 14.5. The molecule has 0 aromatic heterocycles. The summed E-state index contributed by atoms with van der Waals surface area (Å²) in [6, 6.07) is 11.2. The average molecular weight is 367 g/mol. The molecule has 0 aliphatic carbocycles. The monoisotopic (exact) mass is 365 g/mol. The number of ether oxygens (including phenoxy) is 1. The largest absolute Gasteiger partial charge is 0.495 e. The predicted molar refractivity (Wildman–Crippen MR) is 92.3 cm³/mol. The van der Waals surface area contributed by atoms with Gasteiger partial charge in [-0.2, -0.15) is 0 Å². The molecule has 0 spiro atoms. The third-order valence-electron chi connectivity index (χ3n) is 2.88. The molecule has 0 saturated heterocycles. The van der Waals surface area contributed by atoms with Gasteiger partial charge in [-0.15, -0.1) is 12.4 Å². The summed E-state index contributed by atoms with van der Waals surface area (Å²) in [5.74, 6) is 0.641. The van der Waals surface area contributed by atoms with Crippen molar-refractivity contribution >= 4 is 47.2 Å².